The third-order valence-corrected chi connectivity index (χ3v) is 10.6. The van der Waals surface area contributed by atoms with Crippen molar-refractivity contribution in [1.29, 1.82) is 0 Å². The topological polar surface area (TPSA) is 125 Å². The number of aliphatic hydroxyl groups is 1. The Bertz CT molecular complexity index is 1590. The Morgan fingerprint density at radius 2 is 1.84 bits per heavy atom. The quantitative estimate of drug-likeness (QED) is 0.120. The number of hydrogen-bond acceptors (Lipinski definition) is 7. The highest BCUT2D eigenvalue weighted by molar-refractivity contribution is 6.05. The maximum atomic E-state index is 14.9. The Morgan fingerprint density at radius 3 is 2.55 bits per heavy atom. The van der Waals surface area contributed by atoms with E-state index in [0.29, 0.717) is 44.2 Å². The predicted molar refractivity (Wildman–Crippen MR) is 196 cm³/mol. The van der Waals surface area contributed by atoms with Crippen LogP contribution in [0.2, 0.25) is 0 Å². The van der Waals surface area contributed by atoms with Crippen molar-refractivity contribution in [1.82, 2.24) is 10.2 Å². The van der Waals surface area contributed by atoms with E-state index >= 15 is 0 Å². The molecule has 3 fully saturated rings. The summed E-state index contributed by atoms with van der Waals surface area (Å²) in [4.78, 5) is 60.0. The Morgan fingerprint density at radius 1 is 1.10 bits per heavy atom. The van der Waals surface area contributed by atoms with Gasteiger partial charge in [0.15, 0.2) is 0 Å². The summed E-state index contributed by atoms with van der Waals surface area (Å²) in [5.74, 6) is -3.10. The minimum atomic E-state index is -1.20. The number of hydrogen-bond donors (Lipinski definition) is 2. The van der Waals surface area contributed by atoms with Crippen molar-refractivity contribution in [3.8, 4) is 0 Å². The summed E-state index contributed by atoms with van der Waals surface area (Å²) in [7, 11) is 0. The summed E-state index contributed by atoms with van der Waals surface area (Å²) >= 11 is 0. The van der Waals surface area contributed by atoms with Crippen LogP contribution in [0.4, 0.5) is 5.69 Å². The molecule has 1 spiro atoms. The average molecular weight is 700 g/mol. The van der Waals surface area contributed by atoms with E-state index in [4.69, 9.17) is 9.47 Å². The Balaban J connectivity index is 1.48. The molecule has 0 unspecified atom stereocenters. The van der Waals surface area contributed by atoms with Crippen LogP contribution in [0.1, 0.15) is 81.1 Å². The van der Waals surface area contributed by atoms with Crippen LogP contribution in [0.5, 0.6) is 0 Å². The molecule has 2 bridgehead atoms. The van der Waals surface area contributed by atoms with Gasteiger partial charge in [-0.15, -0.1) is 13.2 Å². The average Bonchev–Trinajstić information content (AvgIpc) is 3.77. The lowest BCUT2D eigenvalue weighted by Gasteiger charge is -2.37. The number of ether oxygens (including phenoxy) is 2. The van der Waals surface area contributed by atoms with Crippen molar-refractivity contribution in [2.75, 3.05) is 24.6 Å². The second-order valence-corrected chi connectivity index (χ2v) is 14.2. The van der Waals surface area contributed by atoms with Crippen LogP contribution in [0.25, 0.3) is 0 Å². The lowest BCUT2D eigenvalue weighted by Crippen LogP contribution is -2.56. The largest absolute Gasteiger partial charge is 0.455 e. The van der Waals surface area contributed by atoms with Gasteiger partial charge in [-0.25, -0.2) is 0 Å². The lowest BCUT2D eigenvalue weighted by molar-refractivity contribution is -0.162. The van der Waals surface area contributed by atoms with Crippen LogP contribution in [-0.2, 0) is 28.7 Å². The fourth-order valence-electron chi connectivity index (χ4n) is 8.22. The lowest BCUT2D eigenvalue weighted by atomic mass is 9.70. The van der Waals surface area contributed by atoms with Crippen molar-refractivity contribution in [3.05, 3.63) is 90.5 Å². The molecule has 51 heavy (non-hydrogen) atoms. The number of allylic oxidation sites excluding steroid dienone is 1. The number of anilines is 1. The fraction of sp³-hybridized carbons (Fsp3) is 0.512. The fourth-order valence-corrected chi connectivity index (χ4v) is 8.22. The van der Waals surface area contributed by atoms with Gasteiger partial charge >= 0.3 is 5.97 Å². The Labute approximate surface area is 301 Å². The summed E-state index contributed by atoms with van der Waals surface area (Å²) in [6.07, 6.45) is 6.59. The third-order valence-electron chi connectivity index (χ3n) is 10.6. The van der Waals surface area contributed by atoms with Gasteiger partial charge in [0, 0.05) is 31.8 Å². The van der Waals surface area contributed by atoms with Gasteiger partial charge in [0.25, 0.3) is 5.91 Å². The van der Waals surface area contributed by atoms with Gasteiger partial charge < -0.3 is 29.7 Å². The van der Waals surface area contributed by atoms with E-state index in [9.17, 15) is 24.3 Å². The standard InChI is InChI=1S/C41H53N3O7/c1-6-8-18-33(46)42-29(5)36(30-16-12-11-13-17-30)50-40(49)34-32-21-22-41(51-32)35(34)38(47)44(24-14-9-10-15-25-45)37(41)39(48)43(23-7-2)31-26-27(3)19-20-28(31)4/h6-7,11-13,16-17,19-20,26,29,32,34-37,45H,1-2,8-10,14-15,18,21-25H2,3-5H3,(H,42,46)/t29-,32-,34+,35+,36-,37-,41+/m0/s1. The molecule has 2 N–H and O–H groups in total. The van der Waals surface area contributed by atoms with E-state index < -0.39 is 47.7 Å². The molecule has 10 heteroatoms. The molecule has 3 aliphatic heterocycles. The van der Waals surface area contributed by atoms with Crippen LogP contribution in [-0.4, -0.2) is 77.2 Å². The highest BCUT2D eigenvalue weighted by Crippen LogP contribution is 2.59. The molecule has 0 saturated carbocycles. The highest BCUT2D eigenvalue weighted by atomic mass is 16.6. The smallest absolute Gasteiger partial charge is 0.313 e. The zero-order valence-electron chi connectivity index (χ0n) is 30.2. The second kappa shape index (κ2) is 16.8. The van der Waals surface area contributed by atoms with Gasteiger partial charge in [0.2, 0.25) is 11.8 Å². The zero-order chi connectivity index (χ0) is 36.7. The molecule has 0 aliphatic carbocycles. The van der Waals surface area contributed by atoms with Crippen LogP contribution in [0, 0.1) is 25.7 Å². The van der Waals surface area contributed by atoms with Gasteiger partial charge in [0.1, 0.15) is 17.7 Å². The number of aryl methyl sites for hydroxylation is 2. The molecule has 0 aromatic heterocycles. The Hall–Kier alpha value is -4.28. The molecule has 2 aromatic rings. The van der Waals surface area contributed by atoms with E-state index in [1.54, 1.807) is 28.9 Å². The number of rotatable bonds is 18. The number of fused-ring (bicyclic) bond motifs is 1. The molecule has 5 rings (SSSR count). The molecule has 10 nitrogen and oxygen atoms in total. The minimum absolute atomic E-state index is 0.0986. The first kappa shape index (κ1) is 38.0. The van der Waals surface area contributed by atoms with Crippen molar-refractivity contribution in [3.63, 3.8) is 0 Å². The van der Waals surface area contributed by atoms with Gasteiger partial charge in [-0.05, 0) is 75.6 Å². The molecular formula is C41H53N3O7. The summed E-state index contributed by atoms with van der Waals surface area (Å²) < 4.78 is 13.0. The van der Waals surface area contributed by atoms with E-state index in [1.807, 2.05) is 62.4 Å². The van der Waals surface area contributed by atoms with Crippen LogP contribution in [0.3, 0.4) is 0 Å². The second-order valence-electron chi connectivity index (χ2n) is 14.2. The van der Waals surface area contributed by atoms with Gasteiger partial charge in [0.05, 0.1) is 24.0 Å². The minimum Gasteiger partial charge on any atom is -0.455 e. The molecule has 3 saturated heterocycles. The maximum Gasteiger partial charge on any atom is 0.313 e. The number of nitrogens with zero attached hydrogens (tertiary/aromatic N) is 2. The first-order valence-electron chi connectivity index (χ1n) is 18.3. The summed E-state index contributed by atoms with van der Waals surface area (Å²) in [5, 5.41) is 12.3. The van der Waals surface area contributed by atoms with Gasteiger partial charge in [-0.2, -0.15) is 0 Å². The number of benzene rings is 2. The molecule has 3 aliphatic rings. The molecule has 274 valence electrons. The SMILES string of the molecule is C=CCCC(=O)N[C@@H](C)[C@H](OC(=O)[C@@H]1[C@@H]2CC[C@]3(O2)[C@H](C(=O)N(CC=C)c2cc(C)ccc2C)N(CCCCCCO)C(=O)[C@@H]13)c1ccccc1. The van der Waals surface area contributed by atoms with Gasteiger partial charge in [-0.3, -0.25) is 19.2 Å². The van der Waals surface area contributed by atoms with Crippen molar-refractivity contribution >= 4 is 29.4 Å². The monoisotopic (exact) mass is 699 g/mol. The predicted octanol–water partition coefficient (Wildman–Crippen LogP) is 5.51. The molecule has 3 amide bonds. The van der Waals surface area contributed by atoms with Gasteiger partial charge in [-0.1, -0.05) is 67.5 Å². The molecular weight excluding hydrogens is 646 g/mol. The number of carbonyl (C=O) groups excluding carboxylic acids is 4. The van der Waals surface area contributed by atoms with Crippen LogP contribution < -0.4 is 10.2 Å². The number of likely N-dealkylation sites (tertiary alicyclic amines) is 1. The van der Waals surface area contributed by atoms with Crippen LogP contribution >= 0.6 is 0 Å². The first-order valence-corrected chi connectivity index (χ1v) is 18.3. The molecule has 7 atom stereocenters. The summed E-state index contributed by atoms with van der Waals surface area (Å²) in [6.45, 7) is 14.0. The molecule has 3 heterocycles. The van der Waals surface area contributed by atoms with E-state index in [-0.39, 0.29) is 37.3 Å². The maximum absolute atomic E-state index is 14.9. The first-order chi connectivity index (χ1) is 24.6. The van der Waals surface area contributed by atoms with Crippen molar-refractivity contribution in [2.45, 2.75) is 102 Å². The molecule has 2 aromatic carbocycles. The van der Waals surface area contributed by atoms with E-state index in [2.05, 4.69) is 18.5 Å². The number of aliphatic hydroxyl groups excluding tert-OH is 1. The van der Waals surface area contributed by atoms with Crippen LogP contribution in [0.15, 0.2) is 73.8 Å². The number of amides is 3. The normalized spacial score (nSPS) is 24.5. The number of unbranched alkanes of at least 4 members (excludes halogenated alkanes) is 3. The highest BCUT2D eigenvalue weighted by Gasteiger charge is 2.75. The Kier molecular flexibility index (Phi) is 12.5. The molecule has 0 radical (unpaired) electrons. The number of esters is 1. The zero-order valence-corrected chi connectivity index (χ0v) is 30.2. The van der Waals surface area contributed by atoms with Crippen molar-refractivity contribution in [2.24, 2.45) is 11.8 Å². The van der Waals surface area contributed by atoms with Crippen molar-refractivity contribution < 1.29 is 33.8 Å². The van der Waals surface area contributed by atoms with E-state index in [0.717, 1.165) is 29.7 Å². The summed E-state index contributed by atoms with van der Waals surface area (Å²) in [6, 6.07) is 13.7. The third kappa shape index (κ3) is 7.82. The van der Waals surface area contributed by atoms with E-state index in [1.165, 1.54) is 0 Å². The number of carbonyl (C=O) groups is 4. The summed E-state index contributed by atoms with van der Waals surface area (Å²) in [5.41, 5.74) is 2.17. The number of nitrogens with one attached hydrogen (secondary N) is 1.